The summed E-state index contributed by atoms with van der Waals surface area (Å²) in [4.78, 5) is 2.45. The molecule has 1 aromatic carbocycles. The van der Waals surface area contributed by atoms with Crippen molar-refractivity contribution in [2.45, 2.75) is 19.9 Å². The first-order chi connectivity index (χ1) is 9.24. The first kappa shape index (κ1) is 14.6. The van der Waals surface area contributed by atoms with Gasteiger partial charge in [0, 0.05) is 43.4 Å². The van der Waals surface area contributed by atoms with Gasteiger partial charge in [0.15, 0.2) is 0 Å². The predicted octanol–water partition coefficient (Wildman–Crippen LogP) is 2.92. The van der Waals surface area contributed by atoms with Crippen LogP contribution in [0.15, 0.2) is 18.2 Å². The first-order valence-electron chi connectivity index (χ1n) is 6.97. The summed E-state index contributed by atoms with van der Waals surface area (Å²) in [6, 6.07) is 6.20. The van der Waals surface area contributed by atoms with Gasteiger partial charge in [0.05, 0.1) is 6.61 Å². The van der Waals surface area contributed by atoms with E-state index >= 15 is 0 Å². The topological polar surface area (TPSA) is 24.5 Å². The third kappa shape index (κ3) is 3.85. The Hall–Kier alpha value is -0.770. The minimum Gasteiger partial charge on any atom is -0.384 e. The molecule has 1 N–H and O–H groups in total. The lowest BCUT2D eigenvalue weighted by Gasteiger charge is -2.22. The highest BCUT2D eigenvalue weighted by Crippen LogP contribution is 2.29. The molecule has 1 unspecified atom stereocenters. The number of benzene rings is 1. The van der Waals surface area contributed by atoms with E-state index < -0.39 is 0 Å². The van der Waals surface area contributed by atoms with E-state index in [9.17, 15) is 0 Å². The Morgan fingerprint density at radius 3 is 3.05 bits per heavy atom. The van der Waals surface area contributed by atoms with Gasteiger partial charge < -0.3 is 15.0 Å². The Kier molecular flexibility index (Phi) is 5.49. The van der Waals surface area contributed by atoms with Crippen molar-refractivity contribution in [3.05, 3.63) is 28.8 Å². The summed E-state index contributed by atoms with van der Waals surface area (Å²) in [5, 5.41) is 4.19. The molecule has 0 bridgehead atoms. The van der Waals surface area contributed by atoms with Crippen LogP contribution in [0.1, 0.15) is 18.9 Å². The summed E-state index contributed by atoms with van der Waals surface area (Å²) in [6.45, 7) is 7.00. The van der Waals surface area contributed by atoms with Gasteiger partial charge in [-0.3, -0.25) is 0 Å². The number of hydrogen-bond acceptors (Lipinski definition) is 3. The van der Waals surface area contributed by atoms with Crippen molar-refractivity contribution in [3.63, 3.8) is 0 Å². The van der Waals surface area contributed by atoms with Gasteiger partial charge in [-0.25, -0.2) is 0 Å². The number of anilines is 1. The van der Waals surface area contributed by atoms with Gasteiger partial charge in [0.25, 0.3) is 0 Å². The zero-order valence-electron chi connectivity index (χ0n) is 11.8. The van der Waals surface area contributed by atoms with Gasteiger partial charge in [0.2, 0.25) is 0 Å². The predicted molar refractivity (Wildman–Crippen MR) is 81.0 cm³/mol. The number of halogens is 1. The molecule has 4 heteroatoms. The molecule has 0 saturated carbocycles. The molecule has 1 heterocycles. The molecule has 1 fully saturated rings. The van der Waals surface area contributed by atoms with E-state index in [-0.39, 0.29) is 0 Å². The van der Waals surface area contributed by atoms with Crippen molar-refractivity contribution in [2.75, 3.05) is 38.3 Å². The number of nitrogens with one attached hydrogen (secondary N) is 1. The van der Waals surface area contributed by atoms with Gasteiger partial charge in [0.1, 0.15) is 0 Å². The molecule has 1 aliphatic rings. The van der Waals surface area contributed by atoms with Crippen LogP contribution in [0.5, 0.6) is 0 Å². The van der Waals surface area contributed by atoms with E-state index in [1.54, 1.807) is 7.11 Å². The van der Waals surface area contributed by atoms with E-state index in [0.29, 0.717) is 5.92 Å². The van der Waals surface area contributed by atoms with Crippen LogP contribution in [0.4, 0.5) is 5.69 Å². The van der Waals surface area contributed by atoms with Crippen molar-refractivity contribution in [1.82, 2.24) is 5.32 Å². The van der Waals surface area contributed by atoms with Gasteiger partial charge in [-0.2, -0.15) is 0 Å². The van der Waals surface area contributed by atoms with Gasteiger partial charge in [-0.05, 0) is 36.7 Å². The zero-order chi connectivity index (χ0) is 13.7. The van der Waals surface area contributed by atoms with E-state index in [4.69, 9.17) is 16.3 Å². The Morgan fingerprint density at radius 1 is 1.47 bits per heavy atom. The maximum Gasteiger partial charge on any atom is 0.0508 e. The average molecular weight is 283 g/mol. The number of ether oxygens (including phenoxy) is 1. The van der Waals surface area contributed by atoms with Crippen LogP contribution in [0.2, 0.25) is 5.02 Å². The largest absolute Gasteiger partial charge is 0.384 e. The van der Waals surface area contributed by atoms with Crippen molar-refractivity contribution in [3.8, 4) is 0 Å². The second kappa shape index (κ2) is 7.13. The molecule has 0 spiro atoms. The minimum atomic E-state index is 0.646. The summed E-state index contributed by atoms with van der Waals surface area (Å²) in [5.74, 6) is 0.646. The summed E-state index contributed by atoms with van der Waals surface area (Å²) in [6.07, 6.45) is 1.21. The molecule has 0 radical (unpaired) electrons. The molecular weight excluding hydrogens is 260 g/mol. The van der Waals surface area contributed by atoms with Crippen LogP contribution < -0.4 is 10.2 Å². The van der Waals surface area contributed by atoms with Crippen LogP contribution in [-0.4, -0.2) is 33.4 Å². The Morgan fingerprint density at radius 2 is 2.32 bits per heavy atom. The first-order valence-corrected chi connectivity index (χ1v) is 7.35. The standard InChI is InChI=1S/C15H23ClN2O/c1-3-17-9-13-8-14(16)4-5-15(13)18-7-6-12(10-18)11-19-2/h4-5,8,12,17H,3,6-7,9-11H2,1-2H3. The molecule has 0 aromatic heterocycles. The van der Waals surface area contributed by atoms with Crippen LogP contribution >= 0.6 is 11.6 Å². The fourth-order valence-corrected chi connectivity index (χ4v) is 2.88. The lowest BCUT2D eigenvalue weighted by molar-refractivity contribution is 0.161. The maximum absolute atomic E-state index is 6.11. The lowest BCUT2D eigenvalue weighted by Crippen LogP contribution is -2.23. The van der Waals surface area contributed by atoms with E-state index in [2.05, 4.69) is 29.3 Å². The molecule has 1 atom stereocenters. The van der Waals surface area contributed by atoms with E-state index in [1.807, 2.05) is 6.07 Å². The Bertz CT molecular complexity index is 411. The molecule has 3 nitrogen and oxygen atoms in total. The molecule has 1 saturated heterocycles. The monoisotopic (exact) mass is 282 g/mol. The summed E-state index contributed by atoms with van der Waals surface area (Å²) < 4.78 is 5.26. The quantitative estimate of drug-likeness (QED) is 0.868. The van der Waals surface area contributed by atoms with Gasteiger partial charge in [-0.15, -0.1) is 0 Å². The second-order valence-electron chi connectivity index (χ2n) is 5.11. The van der Waals surface area contributed by atoms with E-state index in [0.717, 1.165) is 37.8 Å². The SMILES string of the molecule is CCNCc1cc(Cl)ccc1N1CCC(COC)C1. The van der Waals surface area contributed by atoms with Crippen molar-refractivity contribution >= 4 is 17.3 Å². The van der Waals surface area contributed by atoms with Crippen LogP contribution in [0, 0.1) is 5.92 Å². The summed E-state index contributed by atoms with van der Waals surface area (Å²) in [7, 11) is 1.78. The minimum absolute atomic E-state index is 0.646. The Balaban J connectivity index is 2.10. The summed E-state index contributed by atoms with van der Waals surface area (Å²) in [5.41, 5.74) is 2.59. The summed E-state index contributed by atoms with van der Waals surface area (Å²) >= 11 is 6.11. The zero-order valence-corrected chi connectivity index (χ0v) is 12.5. The van der Waals surface area contributed by atoms with Gasteiger partial charge >= 0.3 is 0 Å². The van der Waals surface area contributed by atoms with Crippen LogP contribution in [0.25, 0.3) is 0 Å². The second-order valence-corrected chi connectivity index (χ2v) is 5.55. The molecule has 2 rings (SSSR count). The maximum atomic E-state index is 6.11. The van der Waals surface area contributed by atoms with Crippen LogP contribution in [0.3, 0.4) is 0 Å². The third-order valence-corrected chi connectivity index (χ3v) is 3.87. The number of hydrogen-bond donors (Lipinski definition) is 1. The number of methoxy groups -OCH3 is 1. The van der Waals surface area contributed by atoms with Crippen molar-refractivity contribution < 1.29 is 4.74 Å². The average Bonchev–Trinajstić information content (AvgIpc) is 2.85. The fraction of sp³-hybridized carbons (Fsp3) is 0.600. The Labute approximate surface area is 120 Å². The van der Waals surface area contributed by atoms with Crippen molar-refractivity contribution in [1.29, 1.82) is 0 Å². The lowest BCUT2D eigenvalue weighted by atomic mass is 10.1. The van der Waals surface area contributed by atoms with E-state index in [1.165, 1.54) is 17.7 Å². The molecule has 19 heavy (non-hydrogen) atoms. The number of rotatable bonds is 6. The highest BCUT2D eigenvalue weighted by molar-refractivity contribution is 6.30. The third-order valence-electron chi connectivity index (χ3n) is 3.64. The van der Waals surface area contributed by atoms with Crippen LogP contribution in [-0.2, 0) is 11.3 Å². The molecule has 106 valence electrons. The van der Waals surface area contributed by atoms with Crippen molar-refractivity contribution in [2.24, 2.45) is 5.92 Å². The smallest absolute Gasteiger partial charge is 0.0508 e. The highest BCUT2D eigenvalue weighted by atomic mass is 35.5. The number of nitrogens with zero attached hydrogens (tertiary/aromatic N) is 1. The molecular formula is C15H23ClN2O. The fourth-order valence-electron chi connectivity index (χ4n) is 2.69. The molecule has 0 aliphatic carbocycles. The molecule has 1 aliphatic heterocycles. The molecule has 0 amide bonds. The normalized spacial score (nSPS) is 19.1. The highest BCUT2D eigenvalue weighted by Gasteiger charge is 2.24. The van der Waals surface area contributed by atoms with Gasteiger partial charge in [-0.1, -0.05) is 18.5 Å². The molecule has 1 aromatic rings.